The minimum Gasteiger partial charge on any atom is -0.496 e. The maximum Gasteiger partial charge on any atom is 0.255 e. The fraction of sp³-hybridized carbons (Fsp3) is 0.393. The van der Waals surface area contributed by atoms with Gasteiger partial charge in [0.25, 0.3) is 5.91 Å². The van der Waals surface area contributed by atoms with Gasteiger partial charge in [-0.25, -0.2) is 0 Å². The molecule has 3 rings (SSSR count). The number of nitrogens with one attached hydrogen (secondary N) is 2. The Hall–Kier alpha value is -4.17. The highest BCUT2D eigenvalue weighted by molar-refractivity contribution is 5.97. The van der Waals surface area contributed by atoms with Crippen molar-refractivity contribution >= 4 is 11.9 Å². The molecule has 0 heterocycles. The van der Waals surface area contributed by atoms with E-state index in [-0.39, 0.29) is 17.3 Å². The van der Waals surface area contributed by atoms with Crippen LogP contribution in [0.4, 0.5) is 0 Å². The number of nitrogens with zero attached hydrogens (tertiary/aromatic N) is 2. The molecule has 0 radical (unpaired) electrons. The number of guanidine groups is 1. The van der Waals surface area contributed by atoms with Gasteiger partial charge in [0.1, 0.15) is 11.5 Å². The number of nitrogens with two attached hydrogens (primary N) is 1. The second kappa shape index (κ2) is 16.5. The first-order valence-corrected chi connectivity index (χ1v) is 11.8. The molecule has 1 aliphatic rings. The van der Waals surface area contributed by atoms with Crippen LogP contribution in [0, 0.1) is 24.3 Å². The number of amides is 1. The normalized spacial score (nSPS) is 13.8. The summed E-state index contributed by atoms with van der Waals surface area (Å²) >= 11 is 0. The van der Waals surface area contributed by atoms with E-state index < -0.39 is 0 Å². The monoisotopic (exact) mass is 491 g/mol. The lowest BCUT2D eigenvalue weighted by molar-refractivity contribution is 0.0933. The Balaban J connectivity index is 0.000000554. The Morgan fingerprint density at radius 3 is 2.22 bits per heavy atom. The smallest absolute Gasteiger partial charge is 0.255 e. The van der Waals surface area contributed by atoms with Gasteiger partial charge >= 0.3 is 0 Å². The van der Waals surface area contributed by atoms with Crippen LogP contribution < -0.4 is 25.8 Å². The molecular weight excluding hydrogens is 454 g/mol. The second-order valence-corrected chi connectivity index (χ2v) is 8.02. The molecule has 192 valence electrons. The van der Waals surface area contributed by atoms with Gasteiger partial charge in [0.2, 0.25) is 5.96 Å². The Bertz CT molecular complexity index is 1040. The predicted molar refractivity (Wildman–Crippen MR) is 144 cm³/mol. The van der Waals surface area contributed by atoms with Gasteiger partial charge in [0.15, 0.2) is 6.19 Å². The number of nitriles is 1. The summed E-state index contributed by atoms with van der Waals surface area (Å²) in [5, 5.41) is 13.3. The standard InChI is InChI=1S/C22H27NO3.C4H8N4.C2H2/c1-25-19-12-6-4-10-17(19)21(24)23-16-22(14-8-3-9-15-22)18-11-5-7-13-20(18)26-2;1-2-7-4(6)8-3-5;1-2/h4-7,10-13H,3,8-9,14-16H2,1-2H3,(H,23,24);2H2,1H3,(H3,6,7,8);1-2H. The number of carbonyl (C=O) groups is 1. The van der Waals surface area contributed by atoms with Crippen molar-refractivity contribution in [3.05, 3.63) is 59.7 Å². The van der Waals surface area contributed by atoms with Crippen molar-refractivity contribution in [2.75, 3.05) is 27.3 Å². The van der Waals surface area contributed by atoms with Crippen molar-refractivity contribution < 1.29 is 14.3 Å². The number of terminal acetylenes is 1. The minimum atomic E-state index is -0.0951. The van der Waals surface area contributed by atoms with Crippen LogP contribution in [0.1, 0.15) is 54.9 Å². The molecule has 0 atom stereocenters. The zero-order valence-electron chi connectivity index (χ0n) is 21.4. The van der Waals surface area contributed by atoms with Crippen LogP contribution in [0.2, 0.25) is 0 Å². The Morgan fingerprint density at radius 1 is 1.06 bits per heavy atom. The summed E-state index contributed by atoms with van der Waals surface area (Å²) in [4.78, 5) is 16.4. The summed E-state index contributed by atoms with van der Waals surface area (Å²) in [6, 6.07) is 15.5. The molecule has 2 aromatic rings. The minimum absolute atomic E-state index is 0.0808. The summed E-state index contributed by atoms with van der Waals surface area (Å²) in [6.45, 7) is 3.04. The number of aliphatic imine (C=N–C) groups is 1. The maximum absolute atomic E-state index is 12.8. The largest absolute Gasteiger partial charge is 0.496 e. The van der Waals surface area contributed by atoms with Crippen LogP contribution in [-0.4, -0.2) is 39.2 Å². The molecule has 1 fully saturated rings. The van der Waals surface area contributed by atoms with E-state index in [1.165, 1.54) is 24.8 Å². The van der Waals surface area contributed by atoms with Crippen molar-refractivity contribution in [1.29, 1.82) is 5.26 Å². The lowest BCUT2D eigenvalue weighted by Crippen LogP contribution is -2.42. The van der Waals surface area contributed by atoms with Gasteiger partial charge in [0, 0.05) is 24.1 Å². The lowest BCUT2D eigenvalue weighted by Gasteiger charge is -2.38. The van der Waals surface area contributed by atoms with Crippen LogP contribution in [0.15, 0.2) is 53.5 Å². The summed E-state index contributed by atoms with van der Waals surface area (Å²) < 4.78 is 10.9. The van der Waals surface area contributed by atoms with Crippen molar-refractivity contribution in [3.63, 3.8) is 0 Å². The highest BCUT2D eigenvalue weighted by Crippen LogP contribution is 2.42. The first kappa shape index (κ1) is 29.9. The molecule has 1 saturated carbocycles. The van der Waals surface area contributed by atoms with Crippen LogP contribution in [-0.2, 0) is 5.41 Å². The van der Waals surface area contributed by atoms with Gasteiger partial charge in [-0.05, 0) is 38.0 Å². The van der Waals surface area contributed by atoms with E-state index in [1.54, 1.807) is 26.5 Å². The van der Waals surface area contributed by atoms with Gasteiger partial charge in [-0.15, -0.1) is 12.8 Å². The van der Waals surface area contributed by atoms with Crippen molar-refractivity contribution in [2.45, 2.75) is 44.4 Å². The molecule has 8 nitrogen and oxygen atoms in total. The van der Waals surface area contributed by atoms with Gasteiger partial charge in [0.05, 0.1) is 19.8 Å². The van der Waals surface area contributed by atoms with E-state index in [4.69, 9.17) is 20.5 Å². The molecule has 1 aliphatic carbocycles. The van der Waals surface area contributed by atoms with Gasteiger partial charge in [-0.3, -0.25) is 15.1 Å². The van der Waals surface area contributed by atoms with E-state index in [9.17, 15) is 4.79 Å². The zero-order valence-corrected chi connectivity index (χ0v) is 21.4. The third kappa shape index (κ3) is 8.56. The SMILES string of the molecule is C#C.CCN=C(N)NC#N.COc1ccccc1C(=O)NCC1(c2ccccc2OC)CCCCC1. The highest BCUT2D eigenvalue weighted by atomic mass is 16.5. The number of hydrogen-bond acceptors (Lipinski definition) is 5. The van der Waals surface area contributed by atoms with E-state index in [0.29, 0.717) is 24.4 Å². The predicted octanol–water partition coefficient (Wildman–Crippen LogP) is 3.98. The first-order valence-electron chi connectivity index (χ1n) is 11.8. The zero-order chi connectivity index (χ0) is 26.8. The molecule has 8 heteroatoms. The molecule has 0 spiro atoms. The number of ether oxygens (including phenoxy) is 2. The highest BCUT2D eigenvalue weighted by Gasteiger charge is 2.36. The van der Waals surface area contributed by atoms with Gasteiger partial charge in [-0.2, -0.15) is 5.26 Å². The molecule has 36 heavy (non-hydrogen) atoms. The molecular formula is C28H37N5O3. The molecule has 0 aromatic heterocycles. The summed E-state index contributed by atoms with van der Waals surface area (Å²) in [7, 11) is 3.30. The van der Waals surface area contributed by atoms with Crippen LogP contribution in [0.25, 0.3) is 0 Å². The molecule has 1 amide bonds. The fourth-order valence-electron chi connectivity index (χ4n) is 4.30. The van der Waals surface area contributed by atoms with Gasteiger partial charge < -0.3 is 20.5 Å². The third-order valence-electron chi connectivity index (χ3n) is 5.94. The number of benzene rings is 2. The van der Waals surface area contributed by atoms with Crippen molar-refractivity contribution in [1.82, 2.24) is 10.6 Å². The van der Waals surface area contributed by atoms with E-state index in [1.807, 2.05) is 37.3 Å². The average molecular weight is 492 g/mol. The Morgan fingerprint density at radius 2 is 1.64 bits per heavy atom. The average Bonchev–Trinajstić information content (AvgIpc) is 2.94. The molecule has 0 unspecified atom stereocenters. The van der Waals surface area contributed by atoms with Crippen LogP contribution in [0.5, 0.6) is 11.5 Å². The number of hydrogen-bond donors (Lipinski definition) is 3. The van der Waals surface area contributed by atoms with Crippen molar-refractivity contribution in [3.8, 4) is 30.5 Å². The summed E-state index contributed by atoms with van der Waals surface area (Å²) in [6.07, 6.45) is 15.3. The number of methoxy groups -OCH3 is 2. The Labute approximate surface area is 214 Å². The molecule has 2 aromatic carbocycles. The van der Waals surface area contributed by atoms with E-state index in [2.05, 4.69) is 40.6 Å². The van der Waals surface area contributed by atoms with Crippen molar-refractivity contribution in [2.24, 2.45) is 10.7 Å². The maximum atomic E-state index is 12.8. The quantitative estimate of drug-likeness (QED) is 0.177. The van der Waals surface area contributed by atoms with Gasteiger partial charge in [-0.1, -0.05) is 49.6 Å². The fourth-order valence-corrected chi connectivity index (χ4v) is 4.30. The Kier molecular flexibility index (Phi) is 13.6. The number of rotatable bonds is 7. The van der Waals surface area contributed by atoms with Crippen LogP contribution >= 0.6 is 0 Å². The summed E-state index contributed by atoms with van der Waals surface area (Å²) in [5.74, 6) is 1.58. The van der Waals surface area contributed by atoms with E-state index >= 15 is 0 Å². The first-order chi connectivity index (χ1) is 17.5. The van der Waals surface area contributed by atoms with E-state index in [0.717, 1.165) is 18.6 Å². The second-order valence-electron chi connectivity index (χ2n) is 8.02. The number of carbonyl (C=O) groups excluding carboxylic acids is 1. The third-order valence-corrected chi connectivity index (χ3v) is 5.94. The molecule has 4 N–H and O–H groups in total. The number of para-hydroxylation sites is 2. The summed E-state index contributed by atoms with van der Waals surface area (Å²) in [5.41, 5.74) is 6.80. The molecule has 0 saturated heterocycles. The lowest BCUT2D eigenvalue weighted by atomic mass is 9.69. The topological polar surface area (TPSA) is 122 Å². The van der Waals surface area contributed by atoms with Crippen LogP contribution in [0.3, 0.4) is 0 Å². The molecule has 0 bridgehead atoms. The molecule has 0 aliphatic heterocycles.